The lowest BCUT2D eigenvalue weighted by molar-refractivity contribution is -0.135. The van der Waals surface area contributed by atoms with Crippen molar-refractivity contribution in [2.24, 2.45) is 15.5 Å². The quantitative estimate of drug-likeness (QED) is 0.0755. The van der Waals surface area contributed by atoms with Gasteiger partial charge in [0.2, 0.25) is 0 Å². The lowest BCUT2D eigenvalue weighted by Crippen LogP contribution is -2.58. The number of hydrogen-bond donors (Lipinski definition) is 3. The van der Waals surface area contributed by atoms with Crippen molar-refractivity contribution in [1.29, 1.82) is 5.41 Å². The van der Waals surface area contributed by atoms with Gasteiger partial charge in [-0.3, -0.25) is 25.4 Å². The standard InChI is InChI=1S/C34H36ClF6N9O3/c1-19(27(36)37)43-18-44-47-25-11-21(7-10-24(25)35)26(14-53-31(52)48-16-33(40,41)17-48)50-28(51)34(46-30(50)42,15-32(2,3)4)23-8-5-20(6-9-23)22-12-45-49(13-22)29(38)39/h5-13,18,26-27,29,47H,14-17H2,1-4H3,(H2,42,46)/b43-19+,44-18-/t26-,34-/m1/s1. The molecule has 0 unspecified atom stereocenters. The number of amides is 2. The molecule has 3 heterocycles. The summed E-state index contributed by atoms with van der Waals surface area (Å²) >= 11 is 6.37. The van der Waals surface area contributed by atoms with Gasteiger partial charge in [-0.15, -0.1) is 0 Å². The van der Waals surface area contributed by atoms with Gasteiger partial charge in [0.25, 0.3) is 18.3 Å². The summed E-state index contributed by atoms with van der Waals surface area (Å²) < 4.78 is 85.0. The molecule has 2 aliphatic rings. The number of nitrogens with zero attached hydrogens (tertiary/aromatic N) is 6. The Balaban J connectivity index is 1.51. The molecule has 284 valence electrons. The SMILES string of the molecule is C/C(=N\C=N/Nc1cc([C@@H](COC(=O)N2CC(F)(F)C2)N2C(=N)N[C@](CC(C)(C)C)(c3ccc(-c4cnn(C(F)F)c4)cc3)C2=O)ccc1Cl)C(F)F. The van der Waals surface area contributed by atoms with Crippen molar-refractivity contribution in [3.63, 3.8) is 0 Å². The summed E-state index contributed by atoms with van der Waals surface area (Å²) in [6.07, 6.45) is -0.352. The van der Waals surface area contributed by atoms with Crippen molar-refractivity contribution in [2.75, 3.05) is 25.1 Å². The number of alkyl halides is 6. The van der Waals surface area contributed by atoms with E-state index in [1.54, 1.807) is 24.3 Å². The summed E-state index contributed by atoms with van der Waals surface area (Å²) in [5.41, 5.74) is 1.88. The number of ether oxygens (including phenoxy) is 1. The zero-order chi connectivity index (χ0) is 38.9. The maximum Gasteiger partial charge on any atom is 0.410 e. The predicted molar refractivity (Wildman–Crippen MR) is 186 cm³/mol. The van der Waals surface area contributed by atoms with Crippen molar-refractivity contribution in [1.82, 2.24) is 24.9 Å². The third-order valence-electron chi connectivity index (χ3n) is 8.44. The van der Waals surface area contributed by atoms with Crippen molar-refractivity contribution >= 4 is 47.3 Å². The molecule has 19 heteroatoms. The highest BCUT2D eigenvalue weighted by Crippen LogP contribution is 2.43. The normalized spacial score (nSPS) is 19.6. The number of anilines is 1. The first-order chi connectivity index (χ1) is 24.8. The van der Waals surface area contributed by atoms with E-state index in [1.807, 2.05) is 20.8 Å². The van der Waals surface area contributed by atoms with E-state index in [2.05, 4.69) is 25.9 Å². The van der Waals surface area contributed by atoms with Crippen LogP contribution in [0.25, 0.3) is 11.1 Å². The van der Waals surface area contributed by atoms with Crippen LogP contribution in [0.3, 0.4) is 0 Å². The highest BCUT2D eigenvalue weighted by Gasteiger charge is 2.55. The van der Waals surface area contributed by atoms with Gasteiger partial charge in [-0.1, -0.05) is 62.7 Å². The first-order valence-corrected chi connectivity index (χ1v) is 16.5. The van der Waals surface area contributed by atoms with Gasteiger partial charge in [0.05, 0.1) is 41.7 Å². The number of carbonyl (C=O) groups excluding carboxylic acids is 2. The van der Waals surface area contributed by atoms with Crippen LogP contribution in [-0.2, 0) is 15.1 Å². The van der Waals surface area contributed by atoms with Gasteiger partial charge < -0.3 is 10.1 Å². The van der Waals surface area contributed by atoms with Gasteiger partial charge >= 0.3 is 12.6 Å². The summed E-state index contributed by atoms with van der Waals surface area (Å²) in [4.78, 5) is 33.0. The number of guanidine groups is 1. The van der Waals surface area contributed by atoms with Gasteiger partial charge in [0.1, 0.15) is 18.5 Å². The molecule has 2 atom stereocenters. The summed E-state index contributed by atoms with van der Waals surface area (Å²) in [5.74, 6) is -4.03. The van der Waals surface area contributed by atoms with Crippen molar-refractivity contribution < 1.29 is 40.7 Å². The fourth-order valence-corrected chi connectivity index (χ4v) is 6.15. The molecule has 1 aromatic heterocycles. The number of halogens is 7. The molecule has 0 saturated carbocycles. The highest BCUT2D eigenvalue weighted by atomic mass is 35.5. The minimum absolute atomic E-state index is 0.126. The van der Waals surface area contributed by atoms with Crippen LogP contribution in [0.15, 0.2) is 65.0 Å². The summed E-state index contributed by atoms with van der Waals surface area (Å²) in [6.45, 7) is 1.73. The Morgan fingerprint density at radius 1 is 1.13 bits per heavy atom. The smallest absolute Gasteiger partial charge is 0.410 e. The van der Waals surface area contributed by atoms with Crippen molar-refractivity contribution in [2.45, 2.75) is 64.6 Å². The average Bonchev–Trinajstić information content (AvgIpc) is 3.66. The summed E-state index contributed by atoms with van der Waals surface area (Å²) in [6, 6.07) is 9.73. The van der Waals surface area contributed by atoms with Crippen molar-refractivity contribution in [3.8, 4) is 11.1 Å². The molecule has 2 saturated heterocycles. The monoisotopic (exact) mass is 767 g/mol. The van der Waals surface area contributed by atoms with Gasteiger partial charge in [0, 0.05) is 11.8 Å². The van der Waals surface area contributed by atoms with E-state index in [-0.39, 0.29) is 28.7 Å². The summed E-state index contributed by atoms with van der Waals surface area (Å²) in [5, 5.41) is 19.7. The van der Waals surface area contributed by atoms with E-state index in [0.29, 0.717) is 21.4 Å². The zero-order valence-electron chi connectivity index (χ0n) is 28.9. The number of benzene rings is 2. The Morgan fingerprint density at radius 3 is 2.40 bits per heavy atom. The lowest BCUT2D eigenvalue weighted by Gasteiger charge is -2.38. The molecule has 5 rings (SSSR count). The lowest BCUT2D eigenvalue weighted by atomic mass is 9.75. The molecule has 53 heavy (non-hydrogen) atoms. The first-order valence-electron chi connectivity index (χ1n) is 16.1. The molecular weight excluding hydrogens is 732 g/mol. The predicted octanol–water partition coefficient (Wildman–Crippen LogP) is 7.51. The number of aliphatic imine (C=N–C) groups is 1. The number of likely N-dealkylation sites (tertiary alicyclic amines) is 1. The fourth-order valence-electron chi connectivity index (χ4n) is 5.99. The van der Waals surface area contributed by atoms with Crippen LogP contribution in [0.4, 0.5) is 36.8 Å². The maximum atomic E-state index is 14.8. The molecule has 0 radical (unpaired) electrons. The van der Waals surface area contributed by atoms with E-state index in [0.717, 1.165) is 23.1 Å². The van der Waals surface area contributed by atoms with Gasteiger partial charge in [-0.25, -0.2) is 32.0 Å². The van der Waals surface area contributed by atoms with Crippen LogP contribution in [0.1, 0.15) is 57.8 Å². The number of rotatable bonds is 12. The zero-order valence-corrected chi connectivity index (χ0v) is 29.6. The molecule has 2 aliphatic heterocycles. The molecule has 2 fully saturated rings. The minimum atomic E-state index is -3.06. The Hall–Kier alpha value is -5.13. The number of hydrogen-bond acceptors (Lipinski definition) is 7. The number of nitrogens with one attached hydrogen (secondary N) is 3. The maximum absolute atomic E-state index is 14.8. The first kappa shape index (κ1) is 39.1. The van der Waals surface area contributed by atoms with E-state index in [9.17, 15) is 35.9 Å². The Kier molecular flexibility index (Phi) is 11.1. The van der Waals surface area contributed by atoms with Crippen LogP contribution < -0.4 is 10.7 Å². The van der Waals surface area contributed by atoms with Crippen LogP contribution in [0.2, 0.25) is 5.02 Å². The molecular formula is C34H36ClF6N9O3. The molecule has 2 amide bonds. The van der Waals surface area contributed by atoms with Gasteiger partial charge in [-0.05, 0) is 47.6 Å². The highest BCUT2D eigenvalue weighted by molar-refractivity contribution is 6.33. The van der Waals surface area contributed by atoms with Crippen molar-refractivity contribution in [3.05, 3.63) is 71.0 Å². The number of aromatic nitrogens is 2. The molecule has 12 nitrogen and oxygen atoms in total. The molecule has 3 N–H and O–H groups in total. The van der Waals surface area contributed by atoms with Crippen LogP contribution in [0.5, 0.6) is 0 Å². The second-order valence-corrected chi connectivity index (χ2v) is 14.2. The molecule has 0 aliphatic carbocycles. The van der Waals surface area contributed by atoms with E-state index < -0.39 is 73.3 Å². The van der Waals surface area contributed by atoms with Crippen LogP contribution in [-0.4, -0.2) is 81.6 Å². The Morgan fingerprint density at radius 2 is 1.81 bits per heavy atom. The van der Waals surface area contributed by atoms with Crippen LogP contribution >= 0.6 is 11.6 Å². The van der Waals surface area contributed by atoms with Gasteiger partial charge in [0.15, 0.2) is 5.96 Å². The van der Waals surface area contributed by atoms with E-state index >= 15 is 0 Å². The van der Waals surface area contributed by atoms with Crippen LogP contribution in [0, 0.1) is 10.8 Å². The molecule has 0 spiro atoms. The minimum Gasteiger partial charge on any atom is -0.447 e. The fraction of sp³-hybridized carbons (Fsp3) is 0.412. The summed E-state index contributed by atoms with van der Waals surface area (Å²) in [7, 11) is 0. The third-order valence-corrected chi connectivity index (χ3v) is 8.77. The second-order valence-electron chi connectivity index (χ2n) is 13.8. The van der Waals surface area contributed by atoms with E-state index in [4.69, 9.17) is 21.7 Å². The van der Waals surface area contributed by atoms with Gasteiger partial charge in [-0.2, -0.15) is 19.0 Å². The molecule has 0 bridgehead atoms. The third kappa shape index (κ3) is 8.75. The number of carbonyl (C=O) groups is 2. The molecule has 2 aromatic carbocycles. The molecule has 3 aromatic rings. The largest absolute Gasteiger partial charge is 0.447 e. The number of hydrazone groups is 1. The second kappa shape index (κ2) is 15.1. The topological polar surface area (TPSA) is 140 Å². The Labute approximate surface area is 305 Å². The van der Waals surface area contributed by atoms with E-state index in [1.165, 1.54) is 30.6 Å². The average molecular weight is 768 g/mol. The Bertz CT molecular complexity index is 1910.